The first-order chi connectivity index (χ1) is 11.4. The third kappa shape index (κ3) is 4.80. The van der Waals surface area contributed by atoms with Crippen LogP contribution in [-0.2, 0) is 11.3 Å². The summed E-state index contributed by atoms with van der Waals surface area (Å²) in [6.45, 7) is 4.53. The lowest BCUT2D eigenvalue weighted by atomic mass is 10.1. The Morgan fingerprint density at radius 2 is 1.83 bits per heavy atom. The van der Waals surface area contributed by atoms with Gasteiger partial charge in [0.15, 0.2) is 0 Å². The number of amides is 1. The minimum atomic E-state index is -0.425. The number of hydrogen-bond donors (Lipinski definition) is 1. The average Bonchev–Trinajstić information content (AvgIpc) is 2.50. The first-order valence-corrected chi connectivity index (χ1v) is 7.77. The fourth-order valence-electron chi connectivity index (χ4n) is 2.53. The topological polar surface area (TPSA) is 41.6 Å². The lowest BCUT2D eigenvalue weighted by Crippen LogP contribution is -2.30. The fourth-order valence-corrected chi connectivity index (χ4v) is 2.53. The van der Waals surface area contributed by atoms with Gasteiger partial charge in [-0.2, -0.15) is 0 Å². The lowest BCUT2D eigenvalue weighted by molar-refractivity contribution is -0.117. The Morgan fingerprint density at radius 1 is 1.17 bits per heavy atom. The molecule has 1 amide bonds. The zero-order valence-electron chi connectivity index (χ0n) is 14.5. The summed E-state index contributed by atoms with van der Waals surface area (Å²) in [7, 11) is 3.47. The van der Waals surface area contributed by atoms with Gasteiger partial charge in [0.25, 0.3) is 0 Å². The van der Waals surface area contributed by atoms with E-state index in [0.717, 1.165) is 22.4 Å². The number of aryl methyl sites for hydroxylation is 2. The van der Waals surface area contributed by atoms with Crippen molar-refractivity contribution >= 4 is 11.6 Å². The van der Waals surface area contributed by atoms with Crippen molar-refractivity contribution < 1.29 is 13.9 Å². The van der Waals surface area contributed by atoms with Crippen molar-refractivity contribution in [3.05, 3.63) is 58.9 Å². The van der Waals surface area contributed by atoms with Gasteiger partial charge in [0.2, 0.25) is 5.91 Å². The van der Waals surface area contributed by atoms with Crippen molar-refractivity contribution in [3.63, 3.8) is 0 Å². The van der Waals surface area contributed by atoms with Crippen molar-refractivity contribution in [2.75, 3.05) is 26.0 Å². The summed E-state index contributed by atoms with van der Waals surface area (Å²) >= 11 is 0. The highest BCUT2D eigenvalue weighted by atomic mass is 19.1. The summed E-state index contributed by atoms with van der Waals surface area (Å²) < 4.78 is 19.1. The van der Waals surface area contributed by atoms with Crippen molar-refractivity contribution in [1.29, 1.82) is 0 Å². The Hall–Kier alpha value is -2.40. The molecule has 0 saturated carbocycles. The third-order valence-corrected chi connectivity index (χ3v) is 3.69. The second-order valence-corrected chi connectivity index (χ2v) is 6.02. The Morgan fingerprint density at radius 3 is 2.50 bits per heavy atom. The summed E-state index contributed by atoms with van der Waals surface area (Å²) in [6, 6.07) is 10.7. The standard InChI is InChI=1S/C19H23FN2O2/c1-13-6-8-18(24-4)15(9-13)11-22(3)12-19(23)21-17-7-5-14(2)10-16(17)20/h5-10H,11-12H2,1-4H3,(H,21,23). The van der Waals surface area contributed by atoms with Crippen molar-refractivity contribution in [3.8, 4) is 5.75 Å². The maximum atomic E-state index is 13.8. The van der Waals surface area contributed by atoms with E-state index in [-0.39, 0.29) is 18.1 Å². The molecule has 2 rings (SSSR count). The molecule has 0 unspecified atom stereocenters. The van der Waals surface area contributed by atoms with E-state index in [1.165, 1.54) is 6.07 Å². The van der Waals surface area contributed by atoms with Gasteiger partial charge in [-0.15, -0.1) is 0 Å². The number of nitrogens with zero attached hydrogens (tertiary/aromatic N) is 1. The number of carbonyl (C=O) groups excluding carboxylic acids is 1. The van der Waals surface area contributed by atoms with E-state index in [0.29, 0.717) is 6.54 Å². The number of rotatable bonds is 6. The molecule has 0 heterocycles. The number of hydrogen-bond acceptors (Lipinski definition) is 3. The zero-order valence-corrected chi connectivity index (χ0v) is 14.5. The average molecular weight is 330 g/mol. The summed E-state index contributed by atoms with van der Waals surface area (Å²) in [6.07, 6.45) is 0. The smallest absolute Gasteiger partial charge is 0.238 e. The normalized spacial score (nSPS) is 10.8. The second-order valence-electron chi connectivity index (χ2n) is 6.02. The molecule has 0 bridgehead atoms. The molecule has 0 fully saturated rings. The van der Waals surface area contributed by atoms with Crippen LogP contribution in [0.5, 0.6) is 5.75 Å². The molecule has 4 nitrogen and oxygen atoms in total. The summed E-state index contributed by atoms with van der Waals surface area (Å²) in [5.41, 5.74) is 3.15. The van der Waals surface area contributed by atoms with Gasteiger partial charge >= 0.3 is 0 Å². The second kappa shape index (κ2) is 7.93. The van der Waals surface area contributed by atoms with E-state index < -0.39 is 5.82 Å². The summed E-state index contributed by atoms with van der Waals surface area (Å²) in [5, 5.41) is 2.61. The minimum Gasteiger partial charge on any atom is -0.496 e. The molecule has 0 aliphatic rings. The largest absolute Gasteiger partial charge is 0.496 e. The van der Waals surface area contributed by atoms with Gasteiger partial charge in [0.1, 0.15) is 11.6 Å². The summed E-state index contributed by atoms with van der Waals surface area (Å²) in [4.78, 5) is 14.0. The predicted octanol–water partition coefficient (Wildman–Crippen LogP) is 3.52. The van der Waals surface area contributed by atoms with Crippen LogP contribution >= 0.6 is 0 Å². The molecular weight excluding hydrogens is 307 g/mol. The summed E-state index contributed by atoms with van der Waals surface area (Å²) in [5.74, 6) is 0.107. The molecule has 24 heavy (non-hydrogen) atoms. The molecule has 2 aromatic rings. The van der Waals surface area contributed by atoms with Gasteiger partial charge in [-0.05, 0) is 44.7 Å². The first kappa shape index (κ1) is 17.9. The van der Waals surface area contributed by atoms with Crippen molar-refractivity contribution in [1.82, 2.24) is 4.90 Å². The van der Waals surface area contributed by atoms with Crippen LogP contribution in [0.15, 0.2) is 36.4 Å². The molecule has 0 spiro atoms. The van der Waals surface area contributed by atoms with Gasteiger partial charge in [-0.3, -0.25) is 9.69 Å². The van der Waals surface area contributed by atoms with E-state index in [4.69, 9.17) is 4.74 Å². The predicted molar refractivity (Wildman–Crippen MR) is 93.8 cm³/mol. The highest BCUT2D eigenvalue weighted by molar-refractivity contribution is 5.92. The SMILES string of the molecule is COc1ccc(C)cc1CN(C)CC(=O)Nc1ccc(C)cc1F. The third-order valence-electron chi connectivity index (χ3n) is 3.69. The maximum Gasteiger partial charge on any atom is 0.238 e. The molecule has 0 radical (unpaired) electrons. The number of carbonyl (C=O) groups is 1. The Kier molecular flexibility index (Phi) is 5.93. The highest BCUT2D eigenvalue weighted by Crippen LogP contribution is 2.21. The number of methoxy groups -OCH3 is 1. The van der Waals surface area contributed by atoms with Crippen molar-refractivity contribution in [2.24, 2.45) is 0 Å². The molecule has 5 heteroatoms. The van der Waals surface area contributed by atoms with E-state index in [2.05, 4.69) is 5.32 Å². The molecule has 1 N–H and O–H groups in total. The minimum absolute atomic E-state index is 0.157. The Labute approximate surface area is 142 Å². The molecule has 128 valence electrons. The van der Waals surface area contributed by atoms with E-state index in [1.807, 2.05) is 37.1 Å². The quantitative estimate of drug-likeness (QED) is 0.881. The van der Waals surface area contributed by atoms with Crippen LogP contribution in [0.25, 0.3) is 0 Å². The number of likely N-dealkylation sites (N-methyl/N-ethyl adjacent to an activating group) is 1. The fraction of sp³-hybridized carbons (Fsp3) is 0.316. The maximum absolute atomic E-state index is 13.8. The molecule has 0 saturated heterocycles. The molecule has 0 aliphatic carbocycles. The zero-order chi connectivity index (χ0) is 17.7. The van der Waals surface area contributed by atoms with Crippen molar-refractivity contribution in [2.45, 2.75) is 20.4 Å². The van der Waals surface area contributed by atoms with Crippen LogP contribution in [-0.4, -0.2) is 31.5 Å². The molecular formula is C19H23FN2O2. The monoisotopic (exact) mass is 330 g/mol. The number of anilines is 1. The number of nitrogens with one attached hydrogen (secondary N) is 1. The number of ether oxygens (including phenoxy) is 1. The van der Waals surface area contributed by atoms with Crippen LogP contribution in [0.3, 0.4) is 0 Å². The number of benzene rings is 2. The van der Waals surface area contributed by atoms with E-state index in [1.54, 1.807) is 26.2 Å². The van der Waals surface area contributed by atoms with Crippen LogP contribution in [0, 0.1) is 19.7 Å². The molecule has 0 aliphatic heterocycles. The Balaban J connectivity index is 1.98. The molecule has 0 atom stereocenters. The Bertz CT molecular complexity index is 731. The van der Waals surface area contributed by atoms with Gasteiger partial charge in [0.05, 0.1) is 19.3 Å². The van der Waals surface area contributed by atoms with Gasteiger partial charge < -0.3 is 10.1 Å². The lowest BCUT2D eigenvalue weighted by Gasteiger charge is -2.18. The van der Waals surface area contributed by atoms with Gasteiger partial charge in [0, 0.05) is 12.1 Å². The van der Waals surface area contributed by atoms with Gasteiger partial charge in [-0.1, -0.05) is 23.8 Å². The first-order valence-electron chi connectivity index (χ1n) is 7.77. The van der Waals surface area contributed by atoms with Crippen LogP contribution in [0.4, 0.5) is 10.1 Å². The van der Waals surface area contributed by atoms with Crippen LogP contribution in [0.2, 0.25) is 0 Å². The van der Waals surface area contributed by atoms with Crippen LogP contribution < -0.4 is 10.1 Å². The van der Waals surface area contributed by atoms with E-state index in [9.17, 15) is 9.18 Å². The highest BCUT2D eigenvalue weighted by Gasteiger charge is 2.12. The van der Waals surface area contributed by atoms with E-state index >= 15 is 0 Å². The number of halogens is 1. The van der Waals surface area contributed by atoms with Crippen LogP contribution in [0.1, 0.15) is 16.7 Å². The van der Waals surface area contributed by atoms with Gasteiger partial charge in [-0.25, -0.2) is 4.39 Å². The molecule has 2 aromatic carbocycles. The molecule has 0 aromatic heterocycles.